The van der Waals surface area contributed by atoms with Crippen molar-refractivity contribution >= 4 is 0 Å². The van der Waals surface area contributed by atoms with Gasteiger partial charge in [0.2, 0.25) is 0 Å². The molecule has 0 saturated heterocycles. The van der Waals surface area contributed by atoms with Crippen LogP contribution < -0.4 is 5.32 Å². The summed E-state index contributed by atoms with van der Waals surface area (Å²) in [5.41, 5.74) is 3.90. The van der Waals surface area contributed by atoms with Crippen molar-refractivity contribution in [1.82, 2.24) is 15.1 Å². The molecule has 1 aliphatic carbocycles. The van der Waals surface area contributed by atoms with Gasteiger partial charge in [0.15, 0.2) is 0 Å². The Bertz CT molecular complexity index is 579. The average Bonchev–Trinajstić information content (AvgIpc) is 2.90. The van der Waals surface area contributed by atoms with E-state index >= 15 is 0 Å². The molecule has 112 valence electrons. The second-order valence-corrected chi connectivity index (χ2v) is 5.76. The Labute approximate surface area is 125 Å². The van der Waals surface area contributed by atoms with Gasteiger partial charge in [-0.25, -0.2) is 0 Å². The highest BCUT2D eigenvalue weighted by atomic mass is 16.3. The summed E-state index contributed by atoms with van der Waals surface area (Å²) >= 11 is 0. The first-order chi connectivity index (χ1) is 10.3. The van der Waals surface area contributed by atoms with Crippen LogP contribution in [-0.2, 0) is 13.5 Å². The number of aromatic nitrogens is 2. The normalized spacial score (nSPS) is 19.2. The molecule has 0 aliphatic heterocycles. The summed E-state index contributed by atoms with van der Waals surface area (Å²) in [7, 11) is 2.02. The zero-order valence-corrected chi connectivity index (χ0v) is 12.5. The lowest BCUT2D eigenvalue weighted by Gasteiger charge is -2.29. The van der Waals surface area contributed by atoms with Crippen LogP contribution in [-0.4, -0.2) is 21.5 Å². The maximum atomic E-state index is 9.37. The third-order valence-electron chi connectivity index (χ3n) is 4.40. The molecule has 1 aliphatic rings. The van der Waals surface area contributed by atoms with Crippen LogP contribution >= 0.6 is 0 Å². The summed E-state index contributed by atoms with van der Waals surface area (Å²) in [5.74, 6) is 0. The van der Waals surface area contributed by atoms with Crippen LogP contribution in [0.2, 0.25) is 0 Å². The van der Waals surface area contributed by atoms with E-state index in [9.17, 15) is 5.11 Å². The first-order valence-corrected chi connectivity index (χ1v) is 7.72. The number of hydrogen-bond acceptors (Lipinski definition) is 3. The number of fused-ring (bicyclic) bond motifs is 1. The maximum absolute atomic E-state index is 9.37. The van der Waals surface area contributed by atoms with Crippen LogP contribution in [0, 0.1) is 0 Å². The van der Waals surface area contributed by atoms with E-state index < -0.39 is 0 Å². The third-order valence-corrected chi connectivity index (χ3v) is 4.40. The summed E-state index contributed by atoms with van der Waals surface area (Å²) < 4.78 is 1.99. The van der Waals surface area contributed by atoms with Gasteiger partial charge < -0.3 is 10.4 Å². The minimum absolute atomic E-state index is 0.187. The Morgan fingerprint density at radius 1 is 1.38 bits per heavy atom. The van der Waals surface area contributed by atoms with Crippen molar-refractivity contribution in [3.8, 4) is 0 Å². The van der Waals surface area contributed by atoms with E-state index in [0.29, 0.717) is 6.04 Å². The molecule has 1 aromatic carbocycles. The molecule has 4 heteroatoms. The van der Waals surface area contributed by atoms with E-state index in [1.807, 2.05) is 24.0 Å². The van der Waals surface area contributed by atoms with Crippen LogP contribution in [0.1, 0.15) is 48.2 Å². The molecule has 21 heavy (non-hydrogen) atoms. The van der Waals surface area contributed by atoms with Crippen molar-refractivity contribution in [2.24, 2.45) is 7.05 Å². The minimum Gasteiger partial charge on any atom is -0.396 e. The van der Waals surface area contributed by atoms with Gasteiger partial charge in [0.05, 0.1) is 6.20 Å². The molecule has 4 nitrogen and oxygen atoms in total. The Hall–Kier alpha value is -1.65. The number of nitrogens with one attached hydrogen (secondary N) is 1. The fourth-order valence-corrected chi connectivity index (χ4v) is 3.28. The Kier molecular flexibility index (Phi) is 4.36. The second kappa shape index (κ2) is 6.41. The van der Waals surface area contributed by atoms with Crippen molar-refractivity contribution in [1.29, 1.82) is 0 Å². The summed E-state index contributed by atoms with van der Waals surface area (Å²) in [4.78, 5) is 0. The number of hydrogen-bond donors (Lipinski definition) is 2. The fraction of sp³-hybridized carbons (Fsp3) is 0.471. The molecule has 3 rings (SSSR count). The highest BCUT2D eigenvalue weighted by Crippen LogP contribution is 2.32. The number of rotatable bonds is 5. The molecule has 0 saturated carbocycles. The number of nitrogens with zero attached hydrogens (tertiary/aromatic N) is 2. The first kappa shape index (κ1) is 14.3. The van der Waals surface area contributed by atoms with E-state index in [-0.39, 0.29) is 12.6 Å². The van der Waals surface area contributed by atoms with Gasteiger partial charge in [-0.1, -0.05) is 30.3 Å². The van der Waals surface area contributed by atoms with Crippen LogP contribution in [0.5, 0.6) is 0 Å². The minimum atomic E-state index is 0.187. The van der Waals surface area contributed by atoms with Gasteiger partial charge in [-0.05, 0) is 31.2 Å². The van der Waals surface area contributed by atoms with Gasteiger partial charge in [-0.15, -0.1) is 0 Å². The predicted molar refractivity (Wildman–Crippen MR) is 82.9 cm³/mol. The van der Waals surface area contributed by atoms with Gasteiger partial charge in [-0.2, -0.15) is 5.10 Å². The van der Waals surface area contributed by atoms with Gasteiger partial charge in [0.1, 0.15) is 0 Å². The topological polar surface area (TPSA) is 50.1 Å². The number of aliphatic hydroxyl groups excluding tert-OH is 1. The Morgan fingerprint density at radius 2 is 2.19 bits per heavy atom. The predicted octanol–water partition coefficient (Wildman–Crippen LogP) is 2.51. The van der Waals surface area contributed by atoms with E-state index in [4.69, 9.17) is 0 Å². The third kappa shape index (κ3) is 3.01. The molecule has 0 bridgehead atoms. The molecule has 1 aromatic heterocycles. The second-order valence-electron chi connectivity index (χ2n) is 5.76. The molecule has 2 atom stereocenters. The number of benzene rings is 1. The van der Waals surface area contributed by atoms with Gasteiger partial charge >= 0.3 is 0 Å². The molecular weight excluding hydrogens is 262 g/mol. The van der Waals surface area contributed by atoms with Crippen LogP contribution in [0.25, 0.3) is 0 Å². The summed E-state index contributed by atoms with van der Waals surface area (Å²) in [5, 5.41) is 17.5. The lowest BCUT2D eigenvalue weighted by molar-refractivity contribution is 0.255. The van der Waals surface area contributed by atoms with Gasteiger partial charge in [0.25, 0.3) is 0 Å². The van der Waals surface area contributed by atoms with E-state index in [1.54, 1.807) is 0 Å². The quantitative estimate of drug-likeness (QED) is 0.887. The van der Waals surface area contributed by atoms with Crippen molar-refractivity contribution < 1.29 is 5.11 Å². The largest absolute Gasteiger partial charge is 0.396 e. The zero-order chi connectivity index (χ0) is 14.7. The number of aryl methyl sites for hydroxylation is 1. The monoisotopic (exact) mass is 285 g/mol. The molecule has 0 spiro atoms. The molecule has 0 fully saturated rings. The summed E-state index contributed by atoms with van der Waals surface area (Å²) in [6.45, 7) is 0.194. The van der Waals surface area contributed by atoms with Crippen molar-refractivity contribution in [2.45, 2.75) is 37.8 Å². The number of aliphatic hydroxyl groups is 1. The van der Waals surface area contributed by atoms with E-state index in [0.717, 1.165) is 19.3 Å². The van der Waals surface area contributed by atoms with Crippen molar-refractivity contribution in [3.63, 3.8) is 0 Å². The smallest absolute Gasteiger partial charge is 0.0540 e. The summed E-state index contributed by atoms with van der Waals surface area (Å²) in [6.07, 6.45) is 6.15. The average molecular weight is 285 g/mol. The van der Waals surface area contributed by atoms with E-state index in [2.05, 4.69) is 34.7 Å². The summed E-state index contributed by atoms with van der Waals surface area (Å²) in [6, 6.07) is 10.9. The van der Waals surface area contributed by atoms with E-state index in [1.165, 1.54) is 23.2 Å². The van der Waals surface area contributed by atoms with Crippen molar-refractivity contribution in [3.05, 3.63) is 53.3 Å². The lowest BCUT2D eigenvalue weighted by Crippen LogP contribution is -2.29. The highest BCUT2D eigenvalue weighted by molar-refractivity contribution is 5.26. The first-order valence-electron chi connectivity index (χ1n) is 7.72. The zero-order valence-electron chi connectivity index (χ0n) is 12.5. The molecule has 2 N–H and O–H groups in total. The molecule has 1 heterocycles. The highest BCUT2D eigenvalue weighted by Gasteiger charge is 2.25. The molecule has 2 aromatic rings. The van der Waals surface area contributed by atoms with Crippen LogP contribution in [0.15, 0.2) is 36.5 Å². The van der Waals surface area contributed by atoms with Gasteiger partial charge in [0, 0.05) is 37.0 Å². The standard InChI is InChI=1S/C17H23N3O/c1-20-17-9-5-8-16(14(17)12-18-20)19-15(10-11-21)13-6-3-2-4-7-13/h2-4,6-7,12,15-16,19,21H,5,8-11H2,1H3/t15-,16?/m1/s1. The Morgan fingerprint density at radius 3 is 2.95 bits per heavy atom. The van der Waals surface area contributed by atoms with Crippen LogP contribution in [0.3, 0.4) is 0 Å². The van der Waals surface area contributed by atoms with Crippen molar-refractivity contribution in [2.75, 3.05) is 6.61 Å². The SMILES string of the molecule is Cn1ncc2c1CCCC2N[C@H](CCO)c1ccccc1. The molecule has 0 radical (unpaired) electrons. The molecule has 0 amide bonds. The lowest BCUT2D eigenvalue weighted by atomic mass is 9.91. The maximum Gasteiger partial charge on any atom is 0.0540 e. The Balaban J connectivity index is 1.81. The van der Waals surface area contributed by atoms with Gasteiger partial charge in [-0.3, -0.25) is 4.68 Å². The van der Waals surface area contributed by atoms with Crippen LogP contribution in [0.4, 0.5) is 0 Å². The molecular formula is C17H23N3O. The molecule has 1 unspecified atom stereocenters. The fourth-order valence-electron chi connectivity index (χ4n) is 3.28.